The normalized spacial score (nSPS) is 23.6. The van der Waals surface area contributed by atoms with Gasteiger partial charge in [-0.05, 0) is 12.8 Å². The molecule has 17 heavy (non-hydrogen) atoms. The zero-order valence-electron chi connectivity index (χ0n) is 9.04. The molecule has 0 bridgehead atoms. The first-order valence-electron chi connectivity index (χ1n) is 5.05. The number of carbonyl (C=O) groups is 2. The molecule has 8 heteroatoms. The van der Waals surface area contributed by atoms with Crippen molar-refractivity contribution in [1.29, 1.82) is 0 Å². The minimum absolute atomic E-state index is 0.0186. The molecule has 2 N–H and O–H groups in total. The maximum atomic E-state index is 11.6. The largest absolute Gasteiger partial charge is 0.479 e. The third-order valence-electron chi connectivity index (χ3n) is 2.34. The Kier molecular flexibility index (Phi) is 3.05. The summed E-state index contributed by atoms with van der Waals surface area (Å²) < 4.78 is 10.0. The number of carbonyl (C=O) groups excluding carboxylic acids is 1. The number of aryl methyl sites for hydroxylation is 1. The number of carboxylic acids is 1. The molecular weight excluding hydrogens is 230 g/mol. The Labute approximate surface area is 96.0 Å². The second-order valence-corrected chi connectivity index (χ2v) is 3.64. The average molecular weight is 241 g/mol. The lowest BCUT2D eigenvalue weighted by atomic mass is 10.2. The van der Waals surface area contributed by atoms with E-state index in [1.165, 1.54) is 0 Å². The Hall–Kier alpha value is -1.96. The van der Waals surface area contributed by atoms with Gasteiger partial charge in [0.25, 0.3) is 5.91 Å². The maximum absolute atomic E-state index is 11.6. The Morgan fingerprint density at radius 1 is 1.35 bits per heavy atom. The lowest BCUT2D eigenvalue weighted by Crippen LogP contribution is -2.30. The van der Waals surface area contributed by atoms with Gasteiger partial charge in [-0.2, -0.15) is 0 Å². The van der Waals surface area contributed by atoms with E-state index in [4.69, 9.17) is 14.3 Å². The molecule has 0 aromatic carbocycles. The molecular formula is C9H11N3O5. The molecule has 1 aliphatic rings. The van der Waals surface area contributed by atoms with E-state index >= 15 is 0 Å². The number of hydrogen-bond acceptors (Lipinski definition) is 6. The Balaban J connectivity index is 1.91. The molecule has 2 unspecified atom stereocenters. The number of nitrogens with one attached hydrogen (secondary N) is 1. The number of carboxylic acid groups (broad SMARTS) is 1. The third-order valence-corrected chi connectivity index (χ3v) is 2.34. The quantitative estimate of drug-likeness (QED) is 0.762. The van der Waals surface area contributed by atoms with Gasteiger partial charge in [0.1, 0.15) is 6.10 Å². The molecule has 1 fully saturated rings. The van der Waals surface area contributed by atoms with Gasteiger partial charge in [0.2, 0.25) is 5.89 Å². The Bertz CT molecular complexity index is 444. The van der Waals surface area contributed by atoms with Crippen molar-refractivity contribution in [2.45, 2.75) is 32.0 Å². The zero-order chi connectivity index (χ0) is 12.4. The Morgan fingerprint density at radius 3 is 2.59 bits per heavy atom. The second-order valence-electron chi connectivity index (χ2n) is 3.64. The number of aromatic nitrogens is 2. The van der Waals surface area contributed by atoms with Crippen molar-refractivity contribution >= 4 is 17.9 Å². The summed E-state index contributed by atoms with van der Waals surface area (Å²) >= 11 is 0. The van der Waals surface area contributed by atoms with E-state index in [0.717, 1.165) is 0 Å². The fourth-order valence-electron chi connectivity index (χ4n) is 1.54. The summed E-state index contributed by atoms with van der Waals surface area (Å²) in [5, 5.41) is 18.2. The fourth-order valence-corrected chi connectivity index (χ4v) is 1.54. The topological polar surface area (TPSA) is 115 Å². The number of amides is 1. The molecule has 1 saturated heterocycles. The monoisotopic (exact) mass is 241 g/mol. The van der Waals surface area contributed by atoms with Gasteiger partial charge in [0.15, 0.2) is 6.10 Å². The second kappa shape index (κ2) is 4.50. The van der Waals surface area contributed by atoms with E-state index < -0.39 is 24.1 Å². The van der Waals surface area contributed by atoms with Gasteiger partial charge in [0, 0.05) is 6.92 Å². The number of ether oxygens (including phenoxy) is 1. The van der Waals surface area contributed by atoms with E-state index in [1.807, 2.05) is 0 Å². The lowest BCUT2D eigenvalue weighted by Gasteiger charge is -2.09. The highest BCUT2D eigenvalue weighted by atomic mass is 16.5. The van der Waals surface area contributed by atoms with Crippen LogP contribution < -0.4 is 5.32 Å². The van der Waals surface area contributed by atoms with Gasteiger partial charge in [-0.25, -0.2) is 4.79 Å². The van der Waals surface area contributed by atoms with Crippen molar-refractivity contribution in [2.75, 3.05) is 5.32 Å². The van der Waals surface area contributed by atoms with Gasteiger partial charge in [-0.1, -0.05) is 5.10 Å². The predicted octanol–water partition coefficient (Wildman–Crippen LogP) is -0.0513. The summed E-state index contributed by atoms with van der Waals surface area (Å²) in [7, 11) is 0. The van der Waals surface area contributed by atoms with E-state index in [2.05, 4.69) is 15.5 Å². The predicted molar refractivity (Wildman–Crippen MR) is 53.2 cm³/mol. The number of aliphatic carboxylic acids is 1. The van der Waals surface area contributed by atoms with Gasteiger partial charge in [0.05, 0.1) is 0 Å². The van der Waals surface area contributed by atoms with Crippen molar-refractivity contribution in [3.8, 4) is 0 Å². The van der Waals surface area contributed by atoms with Gasteiger partial charge in [-0.3, -0.25) is 10.1 Å². The van der Waals surface area contributed by atoms with Crippen LogP contribution in [0.3, 0.4) is 0 Å². The molecule has 8 nitrogen and oxygen atoms in total. The van der Waals surface area contributed by atoms with Crippen molar-refractivity contribution in [1.82, 2.24) is 10.2 Å². The molecule has 2 atom stereocenters. The standard InChI is InChI=1S/C9H11N3O5/c1-4-11-12-9(16-4)10-7(13)5-2-3-6(17-5)8(14)15/h5-6H,2-3H2,1H3,(H,14,15)(H,10,12,13). The van der Waals surface area contributed by atoms with E-state index in [0.29, 0.717) is 18.7 Å². The van der Waals surface area contributed by atoms with Crippen LogP contribution in [0.15, 0.2) is 4.42 Å². The first kappa shape index (κ1) is 11.5. The summed E-state index contributed by atoms with van der Waals surface area (Å²) in [6.45, 7) is 1.59. The number of anilines is 1. The lowest BCUT2D eigenvalue weighted by molar-refractivity contribution is -0.150. The molecule has 0 aliphatic carbocycles. The molecule has 1 aromatic rings. The summed E-state index contributed by atoms with van der Waals surface area (Å²) in [6.07, 6.45) is -1.04. The molecule has 0 radical (unpaired) electrons. The summed E-state index contributed by atoms with van der Waals surface area (Å²) in [5.41, 5.74) is 0. The van der Waals surface area contributed by atoms with Crippen LogP contribution in [0.25, 0.3) is 0 Å². The number of rotatable bonds is 3. The smallest absolute Gasteiger partial charge is 0.332 e. The summed E-state index contributed by atoms with van der Waals surface area (Å²) in [6, 6.07) is -0.0186. The van der Waals surface area contributed by atoms with Crippen molar-refractivity contribution in [2.24, 2.45) is 0 Å². The van der Waals surface area contributed by atoms with Crippen LogP contribution in [0.1, 0.15) is 18.7 Å². The molecule has 1 amide bonds. The van der Waals surface area contributed by atoms with Crippen LogP contribution in [-0.4, -0.2) is 39.4 Å². The summed E-state index contributed by atoms with van der Waals surface area (Å²) in [5.74, 6) is -1.21. The number of nitrogens with zero attached hydrogens (tertiary/aromatic N) is 2. The highest BCUT2D eigenvalue weighted by molar-refractivity contribution is 5.93. The van der Waals surface area contributed by atoms with Crippen LogP contribution >= 0.6 is 0 Å². The van der Waals surface area contributed by atoms with Gasteiger partial charge < -0.3 is 14.3 Å². The minimum atomic E-state index is -1.06. The fraction of sp³-hybridized carbons (Fsp3) is 0.556. The van der Waals surface area contributed by atoms with Gasteiger partial charge >= 0.3 is 12.0 Å². The van der Waals surface area contributed by atoms with Crippen molar-refractivity contribution in [3.63, 3.8) is 0 Å². The van der Waals surface area contributed by atoms with Crippen LogP contribution in [-0.2, 0) is 14.3 Å². The average Bonchev–Trinajstić information content (AvgIpc) is 2.86. The van der Waals surface area contributed by atoms with E-state index in [1.54, 1.807) is 6.92 Å². The highest BCUT2D eigenvalue weighted by Crippen LogP contribution is 2.21. The first-order valence-corrected chi connectivity index (χ1v) is 5.05. The molecule has 92 valence electrons. The van der Waals surface area contributed by atoms with Crippen LogP contribution in [0.2, 0.25) is 0 Å². The maximum Gasteiger partial charge on any atom is 0.332 e. The molecule has 1 aromatic heterocycles. The van der Waals surface area contributed by atoms with E-state index in [9.17, 15) is 9.59 Å². The van der Waals surface area contributed by atoms with Crippen LogP contribution in [0, 0.1) is 6.92 Å². The Morgan fingerprint density at radius 2 is 2.06 bits per heavy atom. The SMILES string of the molecule is Cc1nnc(NC(=O)C2CCC(C(=O)O)O2)o1. The summed E-state index contributed by atoms with van der Waals surface area (Å²) in [4.78, 5) is 22.3. The van der Waals surface area contributed by atoms with Crippen molar-refractivity contribution in [3.05, 3.63) is 5.89 Å². The molecule has 2 rings (SSSR count). The molecule has 1 aliphatic heterocycles. The number of hydrogen-bond donors (Lipinski definition) is 2. The van der Waals surface area contributed by atoms with E-state index in [-0.39, 0.29) is 6.01 Å². The minimum Gasteiger partial charge on any atom is -0.479 e. The molecule has 2 heterocycles. The highest BCUT2D eigenvalue weighted by Gasteiger charge is 2.35. The van der Waals surface area contributed by atoms with Crippen LogP contribution in [0.5, 0.6) is 0 Å². The van der Waals surface area contributed by atoms with Crippen molar-refractivity contribution < 1.29 is 23.8 Å². The zero-order valence-corrected chi connectivity index (χ0v) is 9.04. The molecule has 0 spiro atoms. The first-order chi connectivity index (χ1) is 8.06. The van der Waals surface area contributed by atoms with Gasteiger partial charge in [-0.15, -0.1) is 5.10 Å². The van der Waals surface area contributed by atoms with Crippen LogP contribution in [0.4, 0.5) is 6.01 Å². The molecule has 0 saturated carbocycles. The third kappa shape index (κ3) is 2.59.